The van der Waals surface area contributed by atoms with Gasteiger partial charge in [-0.3, -0.25) is 19.3 Å². The van der Waals surface area contributed by atoms with Crippen LogP contribution in [0.15, 0.2) is 18.2 Å². The van der Waals surface area contributed by atoms with Gasteiger partial charge in [0.1, 0.15) is 6.54 Å². The topological polar surface area (TPSA) is 83.7 Å². The van der Waals surface area contributed by atoms with Crippen LogP contribution >= 0.6 is 0 Å². The lowest BCUT2D eigenvalue weighted by atomic mass is 10.1. The number of anilines is 1. The maximum atomic E-state index is 12.2. The van der Waals surface area contributed by atoms with E-state index in [4.69, 9.17) is 5.73 Å². The number of nitrogens with two attached hydrogens (primary N) is 1. The minimum absolute atomic E-state index is 0.185. The fraction of sp³-hybridized carbons (Fsp3) is 0.357. The van der Waals surface area contributed by atoms with Gasteiger partial charge in [0.05, 0.1) is 11.1 Å². The van der Waals surface area contributed by atoms with Crippen molar-refractivity contribution in [3.8, 4) is 0 Å². The lowest BCUT2D eigenvalue weighted by molar-refractivity contribution is -0.130. The molecular formula is C14H15N3O3. The van der Waals surface area contributed by atoms with Crippen molar-refractivity contribution < 1.29 is 14.4 Å². The van der Waals surface area contributed by atoms with Crippen molar-refractivity contribution in [2.24, 2.45) is 0 Å². The molecule has 3 rings (SSSR count). The number of fused-ring (bicyclic) bond motifs is 1. The summed E-state index contributed by atoms with van der Waals surface area (Å²) in [6, 6.07) is 4.77. The molecule has 0 radical (unpaired) electrons. The number of rotatable bonds is 2. The Bertz CT molecular complexity index is 606. The summed E-state index contributed by atoms with van der Waals surface area (Å²) in [6.07, 6.45) is 1.95. The Balaban J connectivity index is 1.83. The first kappa shape index (κ1) is 12.7. The lowest BCUT2D eigenvalue weighted by Gasteiger charge is -2.19. The Morgan fingerprint density at radius 3 is 2.50 bits per heavy atom. The number of carbonyl (C=O) groups excluding carboxylic acids is 3. The number of imide groups is 1. The van der Waals surface area contributed by atoms with E-state index in [1.807, 2.05) is 0 Å². The van der Waals surface area contributed by atoms with Crippen molar-refractivity contribution in [1.82, 2.24) is 9.80 Å². The van der Waals surface area contributed by atoms with Gasteiger partial charge in [-0.25, -0.2) is 0 Å². The Labute approximate surface area is 116 Å². The molecule has 6 nitrogen and oxygen atoms in total. The SMILES string of the molecule is Nc1cccc2c1C(=O)N(CC(=O)N1CCCC1)C2=O. The molecule has 1 aromatic carbocycles. The van der Waals surface area contributed by atoms with E-state index in [2.05, 4.69) is 0 Å². The largest absolute Gasteiger partial charge is 0.398 e. The summed E-state index contributed by atoms with van der Waals surface area (Å²) in [6.45, 7) is 1.19. The van der Waals surface area contributed by atoms with Crippen LogP contribution in [0.25, 0.3) is 0 Å². The standard InChI is InChI=1S/C14H15N3O3/c15-10-5-3-4-9-12(10)14(20)17(13(9)19)8-11(18)16-6-1-2-7-16/h3-5H,1-2,6-8,15H2. The van der Waals surface area contributed by atoms with Gasteiger partial charge >= 0.3 is 0 Å². The molecule has 6 heteroatoms. The van der Waals surface area contributed by atoms with Gasteiger partial charge in [0, 0.05) is 18.8 Å². The van der Waals surface area contributed by atoms with Crippen LogP contribution in [0.3, 0.4) is 0 Å². The molecular weight excluding hydrogens is 258 g/mol. The van der Waals surface area contributed by atoms with Gasteiger partial charge in [-0.05, 0) is 25.0 Å². The number of nitrogen functional groups attached to an aromatic ring is 1. The zero-order chi connectivity index (χ0) is 14.3. The molecule has 0 aromatic heterocycles. The first-order valence-electron chi connectivity index (χ1n) is 6.62. The maximum Gasteiger partial charge on any atom is 0.264 e. The van der Waals surface area contributed by atoms with E-state index in [1.165, 1.54) is 0 Å². The minimum atomic E-state index is -0.476. The van der Waals surface area contributed by atoms with Gasteiger partial charge < -0.3 is 10.6 Å². The third-order valence-corrected chi connectivity index (χ3v) is 3.78. The highest BCUT2D eigenvalue weighted by Gasteiger charge is 2.38. The number of benzene rings is 1. The van der Waals surface area contributed by atoms with Crippen LogP contribution in [0.2, 0.25) is 0 Å². The molecule has 2 N–H and O–H groups in total. The fourth-order valence-electron chi connectivity index (χ4n) is 2.71. The highest BCUT2D eigenvalue weighted by Crippen LogP contribution is 2.27. The van der Waals surface area contributed by atoms with Crippen LogP contribution < -0.4 is 5.73 Å². The number of likely N-dealkylation sites (tertiary alicyclic amines) is 1. The molecule has 3 amide bonds. The predicted octanol–water partition coefficient (Wildman–Crippen LogP) is 0.487. The highest BCUT2D eigenvalue weighted by atomic mass is 16.2. The normalized spacial score (nSPS) is 17.8. The smallest absolute Gasteiger partial charge is 0.264 e. The van der Waals surface area contributed by atoms with Gasteiger partial charge in [-0.2, -0.15) is 0 Å². The van der Waals surface area contributed by atoms with Crippen LogP contribution in [0.1, 0.15) is 33.6 Å². The van der Waals surface area contributed by atoms with Gasteiger partial charge in [-0.1, -0.05) is 6.07 Å². The number of carbonyl (C=O) groups is 3. The van der Waals surface area contributed by atoms with Crippen LogP contribution in [0.4, 0.5) is 5.69 Å². The zero-order valence-corrected chi connectivity index (χ0v) is 11.0. The molecule has 1 saturated heterocycles. The molecule has 2 aliphatic rings. The molecule has 0 spiro atoms. The molecule has 0 saturated carbocycles. The van der Waals surface area contributed by atoms with Crippen molar-refractivity contribution in [2.75, 3.05) is 25.4 Å². The highest BCUT2D eigenvalue weighted by molar-refractivity contribution is 6.24. The molecule has 1 fully saturated rings. The molecule has 0 atom stereocenters. The van der Waals surface area contributed by atoms with Crippen molar-refractivity contribution in [3.63, 3.8) is 0 Å². The summed E-state index contributed by atoms with van der Waals surface area (Å²) in [7, 11) is 0. The number of hydrogen-bond acceptors (Lipinski definition) is 4. The first-order valence-corrected chi connectivity index (χ1v) is 6.62. The number of hydrogen-bond donors (Lipinski definition) is 1. The van der Waals surface area contributed by atoms with E-state index in [0.717, 1.165) is 17.7 Å². The van der Waals surface area contributed by atoms with Crippen molar-refractivity contribution >= 4 is 23.4 Å². The summed E-state index contributed by atoms with van der Waals surface area (Å²) in [5.74, 6) is -1.10. The van der Waals surface area contributed by atoms with Gasteiger partial charge in [0.15, 0.2) is 0 Å². The summed E-state index contributed by atoms with van der Waals surface area (Å²) >= 11 is 0. The van der Waals surface area contributed by atoms with Crippen LogP contribution in [0, 0.1) is 0 Å². The van der Waals surface area contributed by atoms with E-state index >= 15 is 0 Å². The van der Waals surface area contributed by atoms with Gasteiger partial charge in [0.2, 0.25) is 5.91 Å². The molecule has 0 unspecified atom stereocenters. The third kappa shape index (κ3) is 1.84. The Hall–Kier alpha value is -2.37. The average molecular weight is 273 g/mol. The second-order valence-electron chi connectivity index (χ2n) is 5.05. The summed E-state index contributed by atoms with van der Waals surface area (Å²) in [4.78, 5) is 39.2. The first-order chi connectivity index (χ1) is 9.59. The van der Waals surface area contributed by atoms with Crippen molar-refractivity contribution in [2.45, 2.75) is 12.8 Å². The number of amides is 3. The van der Waals surface area contributed by atoms with E-state index in [-0.39, 0.29) is 29.3 Å². The number of nitrogens with zero attached hydrogens (tertiary/aromatic N) is 2. The molecule has 104 valence electrons. The van der Waals surface area contributed by atoms with Crippen molar-refractivity contribution in [3.05, 3.63) is 29.3 Å². The molecule has 0 bridgehead atoms. The summed E-state index contributed by atoms with van der Waals surface area (Å²) < 4.78 is 0. The van der Waals surface area contributed by atoms with Crippen molar-refractivity contribution in [1.29, 1.82) is 0 Å². The van der Waals surface area contributed by atoms with Crippen LogP contribution in [-0.4, -0.2) is 47.2 Å². The summed E-state index contributed by atoms with van der Waals surface area (Å²) in [5, 5.41) is 0. The second kappa shape index (κ2) is 4.63. The summed E-state index contributed by atoms with van der Waals surface area (Å²) in [5.41, 5.74) is 6.52. The molecule has 20 heavy (non-hydrogen) atoms. The second-order valence-corrected chi connectivity index (χ2v) is 5.05. The van der Waals surface area contributed by atoms with E-state index in [1.54, 1.807) is 23.1 Å². The van der Waals surface area contributed by atoms with E-state index in [9.17, 15) is 14.4 Å². The average Bonchev–Trinajstić information content (AvgIpc) is 3.03. The molecule has 1 aromatic rings. The molecule has 2 aliphatic heterocycles. The van der Waals surface area contributed by atoms with Crippen LogP contribution in [-0.2, 0) is 4.79 Å². The van der Waals surface area contributed by atoms with Gasteiger partial charge in [0.25, 0.3) is 11.8 Å². The fourth-order valence-corrected chi connectivity index (χ4v) is 2.71. The molecule has 2 heterocycles. The van der Waals surface area contributed by atoms with E-state index < -0.39 is 11.8 Å². The van der Waals surface area contributed by atoms with E-state index in [0.29, 0.717) is 13.1 Å². The van der Waals surface area contributed by atoms with Gasteiger partial charge in [-0.15, -0.1) is 0 Å². The quantitative estimate of drug-likeness (QED) is 0.627. The third-order valence-electron chi connectivity index (χ3n) is 3.78. The molecule has 0 aliphatic carbocycles. The Morgan fingerprint density at radius 1 is 1.15 bits per heavy atom. The zero-order valence-electron chi connectivity index (χ0n) is 11.0. The monoisotopic (exact) mass is 273 g/mol. The lowest BCUT2D eigenvalue weighted by Crippen LogP contribution is -2.41. The predicted molar refractivity (Wildman–Crippen MR) is 72.0 cm³/mol. The maximum absolute atomic E-state index is 12.2. The Kier molecular flexibility index (Phi) is 2.93. The Morgan fingerprint density at radius 2 is 1.85 bits per heavy atom. The van der Waals surface area contributed by atoms with Crippen LogP contribution in [0.5, 0.6) is 0 Å². The minimum Gasteiger partial charge on any atom is -0.398 e.